The van der Waals surface area contributed by atoms with E-state index in [0.717, 1.165) is 0 Å². The van der Waals surface area contributed by atoms with Gasteiger partial charge in [-0.3, -0.25) is 9.59 Å². The van der Waals surface area contributed by atoms with Crippen molar-refractivity contribution in [2.45, 2.75) is 13.3 Å². The van der Waals surface area contributed by atoms with E-state index in [1.54, 1.807) is 6.92 Å². The lowest BCUT2D eigenvalue weighted by Gasteiger charge is -2.05. The second-order valence-corrected chi connectivity index (χ2v) is 4.66. The largest absolute Gasteiger partial charge is 0.481 e. The fraction of sp³-hybridized carbons (Fsp3) is 0.714. The molecule has 0 atom stereocenters. The molecular formula is C7H14N2O5S. The third-order valence-corrected chi connectivity index (χ3v) is 2.74. The molecule has 15 heavy (non-hydrogen) atoms. The van der Waals surface area contributed by atoms with Crippen LogP contribution < -0.4 is 10.0 Å². The van der Waals surface area contributed by atoms with E-state index in [1.807, 2.05) is 4.72 Å². The summed E-state index contributed by atoms with van der Waals surface area (Å²) in [5, 5.41) is 10.7. The molecule has 0 saturated heterocycles. The maximum absolute atomic E-state index is 11.1. The molecule has 0 heterocycles. The Morgan fingerprint density at radius 3 is 2.40 bits per heavy atom. The highest BCUT2D eigenvalue weighted by atomic mass is 32.2. The number of hydrogen-bond donors (Lipinski definition) is 3. The van der Waals surface area contributed by atoms with Gasteiger partial charge in [-0.15, -0.1) is 0 Å². The maximum Gasteiger partial charge on any atom is 0.304 e. The first-order valence-electron chi connectivity index (χ1n) is 4.33. The molecule has 0 aliphatic rings. The number of aliphatic carboxylic acids is 1. The predicted molar refractivity (Wildman–Crippen MR) is 52.7 cm³/mol. The Bertz CT molecular complexity index is 324. The van der Waals surface area contributed by atoms with Gasteiger partial charge < -0.3 is 10.4 Å². The Morgan fingerprint density at radius 1 is 1.33 bits per heavy atom. The zero-order valence-corrected chi connectivity index (χ0v) is 9.13. The van der Waals surface area contributed by atoms with E-state index in [1.165, 1.54) is 0 Å². The zero-order chi connectivity index (χ0) is 11.9. The fourth-order valence-electron chi connectivity index (χ4n) is 0.729. The van der Waals surface area contributed by atoms with Crippen molar-refractivity contribution < 1.29 is 23.1 Å². The molecule has 0 unspecified atom stereocenters. The highest BCUT2D eigenvalue weighted by Gasteiger charge is 2.13. The lowest BCUT2D eigenvalue weighted by atomic mass is 10.5. The first-order chi connectivity index (χ1) is 6.87. The number of likely N-dealkylation sites (N-methyl/N-ethyl adjacent to an activating group) is 1. The van der Waals surface area contributed by atoms with E-state index in [4.69, 9.17) is 5.11 Å². The third kappa shape index (κ3) is 7.89. The quantitative estimate of drug-likeness (QED) is 0.500. The van der Waals surface area contributed by atoms with Crippen molar-refractivity contribution in [1.82, 2.24) is 10.0 Å². The van der Waals surface area contributed by atoms with Crippen LogP contribution in [0.3, 0.4) is 0 Å². The lowest BCUT2D eigenvalue weighted by Crippen LogP contribution is -2.38. The van der Waals surface area contributed by atoms with Crippen LogP contribution in [0, 0.1) is 0 Å². The van der Waals surface area contributed by atoms with Crippen LogP contribution in [0.4, 0.5) is 0 Å². The van der Waals surface area contributed by atoms with Crippen LogP contribution >= 0.6 is 0 Å². The molecule has 1 amide bonds. The van der Waals surface area contributed by atoms with Crippen LogP contribution in [0.15, 0.2) is 0 Å². The minimum absolute atomic E-state index is 0.365. The lowest BCUT2D eigenvalue weighted by molar-refractivity contribution is -0.136. The van der Waals surface area contributed by atoms with Crippen LogP contribution in [0.2, 0.25) is 0 Å². The summed E-state index contributed by atoms with van der Waals surface area (Å²) in [7, 11) is -3.68. The summed E-state index contributed by atoms with van der Waals surface area (Å²) in [5.74, 6) is -2.17. The average Bonchev–Trinajstić information content (AvgIpc) is 2.13. The predicted octanol–water partition coefficient (Wildman–Crippen LogP) is -1.48. The minimum Gasteiger partial charge on any atom is -0.481 e. The van der Waals surface area contributed by atoms with Crippen molar-refractivity contribution >= 4 is 21.9 Å². The number of carboxylic acids is 1. The molecule has 0 aliphatic heterocycles. The molecule has 0 rings (SSSR count). The normalized spacial score (nSPS) is 11.0. The molecule has 0 bridgehead atoms. The molecule has 0 aliphatic carbocycles. The van der Waals surface area contributed by atoms with E-state index < -0.39 is 34.1 Å². The Morgan fingerprint density at radius 2 is 1.93 bits per heavy atom. The van der Waals surface area contributed by atoms with Crippen molar-refractivity contribution in [3.63, 3.8) is 0 Å². The average molecular weight is 238 g/mol. The highest BCUT2D eigenvalue weighted by molar-refractivity contribution is 7.89. The van der Waals surface area contributed by atoms with Crippen LogP contribution in [0.1, 0.15) is 13.3 Å². The van der Waals surface area contributed by atoms with E-state index in [9.17, 15) is 18.0 Å². The van der Waals surface area contributed by atoms with E-state index in [-0.39, 0.29) is 6.54 Å². The first kappa shape index (κ1) is 13.8. The Labute approximate surface area is 87.9 Å². The number of carbonyl (C=O) groups is 2. The van der Waals surface area contributed by atoms with Crippen molar-refractivity contribution in [3.05, 3.63) is 0 Å². The van der Waals surface area contributed by atoms with Gasteiger partial charge in [0.15, 0.2) is 0 Å². The first-order valence-corrected chi connectivity index (χ1v) is 5.98. The van der Waals surface area contributed by atoms with Crippen LogP contribution in [0.25, 0.3) is 0 Å². The molecule has 0 spiro atoms. The number of nitrogens with one attached hydrogen (secondary N) is 2. The topological polar surface area (TPSA) is 113 Å². The van der Waals surface area contributed by atoms with Crippen LogP contribution in [0.5, 0.6) is 0 Å². The van der Waals surface area contributed by atoms with Gasteiger partial charge in [-0.1, -0.05) is 0 Å². The number of carboxylic acid groups (broad SMARTS) is 1. The molecule has 8 heteroatoms. The minimum atomic E-state index is -3.68. The monoisotopic (exact) mass is 238 g/mol. The van der Waals surface area contributed by atoms with Crippen molar-refractivity contribution in [3.8, 4) is 0 Å². The summed E-state index contributed by atoms with van der Waals surface area (Å²) < 4.78 is 24.2. The van der Waals surface area contributed by atoms with E-state index in [2.05, 4.69) is 5.32 Å². The Hall–Kier alpha value is -1.15. The summed E-state index contributed by atoms with van der Waals surface area (Å²) >= 11 is 0. The molecular weight excluding hydrogens is 224 g/mol. The van der Waals surface area contributed by atoms with Crippen LogP contribution in [-0.4, -0.2) is 44.2 Å². The summed E-state index contributed by atoms with van der Waals surface area (Å²) in [5.41, 5.74) is 0. The van der Waals surface area contributed by atoms with E-state index >= 15 is 0 Å². The molecule has 88 valence electrons. The summed E-state index contributed by atoms with van der Waals surface area (Å²) in [4.78, 5) is 21.0. The van der Waals surface area contributed by atoms with Gasteiger partial charge in [0.1, 0.15) is 0 Å². The van der Waals surface area contributed by atoms with Crippen molar-refractivity contribution in [2.24, 2.45) is 0 Å². The molecule has 7 nitrogen and oxygen atoms in total. The molecule has 0 fully saturated rings. The molecule has 0 aromatic carbocycles. The van der Waals surface area contributed by atoms with Gasteiger partial charge >= 0.3 is 5.97 Å². The van der Waals surface area contributed by atoms with Crippen molar-refractivity contribution in [2.75, 3.05) is 18.8 Å². The number of amides is 1. The third-order valence-electron chi connectivity index (χ3n) is 1.41. The van der Waals surface area contributed by atoms with Gasteiger partial charge in [0.05, 0.1) is 18.7 Å². The molecule has 0 radical (unpaired) electrons. The highest BCUT2D eigenvalue weighted by Crippen LogP contribution is 1.89. The summed E-state index contributed by atoms with van der Waals surface area (Å²) in [6.45, 7) is 1.75. The molecule has 0 aromatic rings. The second kappa shape index (κ2) is 6.36. The Balaban J connectivity index is 3.94. The standard InChI is InChI=1S/C7H14N2O5S/c1-2-8-6(10)5-9-15(13,14)4-3-7(11)12/h9H,2-5H2,1H3,(H,8,10)(H,11,12). The SMILES string of the molecule is CCNC(=O)CNS(=O)(=O)CCC(=O)O. The second-order valence-electron chi connectivity index (χ2n) is 2.74. The number of sulfonamides is 1. The van der Waals surface area contributed by atoms with E-state index in [0.29, 0.717) is 6.54 Å². The Kier molecular flexibility index (Phi) is 5.87. The molecule has 3 N–H and O–H groups in total. The van der Waals surface area contributed by atoms with Crippen molar-refractivity contribution in [1.29, 1.82) is 0 Å². The summed E-state index contributed by atoms with van der Waals surface area (Å²) in [6, 6.07) is 0. The summed E-state index contributed by atoms with van der Waals surface area (Å²) in [6.07, 6.45) is -0.481. The van der Waals surface area contributed by atoms with Gasteiger partial charge in [0.2, 0.25) is 15.9 Å². The van der Waals surface area contributed by atoms with Crippen LogP contribution in [-0.2, 0) is 19.6 Å². The van der Waals surface area contributed by atoms with Gasteiger partial charge in [-0.05, 0) is 6.92 Å². The van der Waals surface area contributed by atoms with Gasteiger partial charge in [-0.25, -0.2) is 13.1 Å². The number of hydrogen-bond acceptors (Lipinski definition) is 4. The van der Waals surface area contributed by atoms with Gasteiger partial charge in [0, 0.05) is 6.54 Å². The fourth-order valence-corrected chi connectivity index (χ4v) is 1.67. The number of rotatable bonds is 7. The zero-order valence-electron chi connectivity index (χ0n) is 8.32. The van der Waals surface area contributed by atoms with Gasteiger partial charge in [-0.2, -0.15) is 0 Å². The molecule has 0 saturated carbocycles. The maximum atomic E-state index is 11.1. The van der Waals surface area contributed by atoms with Gasteiger partial charge in [0.25, 0.3) is 0 Å². The number of carbonyl (C=O) groups excluding carboxylic acids is 1. The molecule has 0 aromatic heterocycles. The smallest absolute Gasteiger partial charge is 0.304 e.